The number of methoxy groups -OCH3 is 1. The summed E-state index contributed by atoms with van der Waals surface area (Å²) in [6, 6.07) is 5.22. The molecule has 1 aromatic carbocycles. The second kappa shape index (κ2) is 6.42. The smallest absolute Gasteiger partial charge is 0.252 e. The maximum atomic E-state index is 11.9. The van der Waals surface area contributed by atoms with Crippen molar-refractivity contribution in [3.63, 3.8) is 0 Å². The molecule has 16 heavy (non-hydrogen) atoms. The van der Waals surface area contributed by atoms with Crippen LogP contribution in [0.15, 0.2) is 18.2 Å². The second-order valence-electron chi connectivity index (χ2n) is 3.45. The third-order valence-corrected chi connectivity index (χ3v) is 3.14. The zero-order valence-electron chi connectivity index (χ0n) is 9.09. The summed E-state index contributed by atoms with van der Waals surface area (Å²) in [4.78, 5) is 11.9. The van der Waals surface area contributed by atoms with Crippen molar-refractivity contribution >= 4 is 40.1 Å². The van der Waals surface area contributed by atoms with Crippen molar-refractivity contribution in [3.8, 4) is 0 Å². The van der Waals surface area contributed by atoms with Crippen molar-refractivity contribution in [1.82, 2.24) is 5.32 Å². The first kappa shape index (κ1) is 13.7. The van der Waals surface area contributed by atoms with Crippen LogP contribution in [0.4, 0.5) is 0 Å². The van der Waals surface area contributed by atoms with E-state index in [2.05, 4.69) is 27.9 Å². The highest BCUT2D eigenvalue weighted by Crippen LogP contribution is 2.17. The lowest BCUT2D eigenvalue weighted by Crippen LogP contribution is -2.35. The summed E-state index contributed by atoms with van der Waals surface area (Å²) in [7, 11) is 1.60. The molecule has 0 spiro atoms. The third-order valence-electron chi connectivity index (χ3n) is 1.97. The molecule has 1 rings (SSSR count). The van der Waals surface area contributed by atoms with Gasteiger partial charge in [0.15, 0.2) is 0 Å². The van der Waals surface area contributed by atoms with Gasteiger partial charge in [0.25, 0.3) is 5.91 Å². The van der Waals surface area contributed by atoms with Crippen LogP contribution < -0.4 is 5.32 Å². The molecule has 1 unspecified atom stereocenters. The highest BCUT2D eigenvalue weighted by molar-refractivity contribution is 14.1. The standard InChI is InChI=1S/C11H13ClINO2/c1-7(6-16-2)14-11(15)9-5-8(12)3-4-10(9)13/h3-5,7H,6H2,1-2H3,(H,14,15). The van der Waals surface area contributed by atoms with Crippen molar-refractivity contribution in [1.29, 1.82) is 0 Å². The predicted molar refractivity (Wildman–Crippen MR) is 73.0 cm³/mol. The van der Waals surface area contributed by atoms with E-state index in [0.29, 0.717) is 17.2 Å². The van der Waals surface area contributed by atoms with Crippen LogP contribution in [0.5, 0.6) is 0 Å². The zero-order chi connectivity index (χ0) is 12.1. The fourth-order valence-electron chi connectivity index (χ4n) is 1.26. The van der Waals surface area contributed by atoms with E-state index in [-0.39, 0.29) is 11.9 Å². The first-order chi connectivity index (χ1) is 7.54. The Morgan fingerprint density at radius 1 is 1.62 bits per heavy atom. The van der Waals surface area contributed by atoms with E-state index in [9.17, 15) is 4.79 Å². The number of ether oxygens (including phenoxy) is 1. The van der Waals surface area contributed by atoms with Gasteiger partial charge in [-0.3, -0.25) is 4.79 Å². The Labute approximate surface area is 114 Å². The normalized spacial score (nSPS) is 12.2. The highest BCUT2D eigenvalue weighted by Gasteiger charge is 2.12. The summed E-state index contributed by atoms with van der Waals surface area (Å²) in [5.74, 6) is -0.128. The van der Waals surface area contributed by atoms with E-state index in [0.717, 1.165) is 3.57 Å². The van der Waals surface area contributed by atoms with Gasteiger partial charge in [-0.2, -0.15) is 0 Å². The van der Waals surface area contributed by atoms with Crippen LogP contribution in [-0.2, 0) is 4.74 Å². The molecule has 1 atom stereocenters. The molecule has 0 saturated heterocycles. The van der Waals surface area contributed by atoms with Gasteiger partial charge in [0.05, 0.1) is 12.2 Å². The van der Waals surface area contributed by atoms with E-state index in [1.165, 1.54) is 0 Å². The molecule has 88 valence electrons. The summed E-state index contributed by atoms with van der Waals surface area (Å²) in [5, 5.41) is 3.40. The summed E-state index contributed by atoms with van der Waals surface area (Å²) >= 11 is 7.96. The number of amides is 1. The number of hydrogen-bond acceptors (Lipinski definition) is 2. The molecule has 1 amide bonds. The summed E-state index contributed by atoms with van der Waals surface area (Å²) in [6.07, 6.45) is 0. The molecule has 0 aromatic heterocycles. The largest absolute Gasteiger partial charge is 0.383 e. The lowest BCUT2D eigenvalue weighted by atomic mass is 10.2. The predicted octanol–water partition coefficient (Wildman–Crippen LogP) is 2.71. The molecular formula is C11H13ClINO2. The lowest BCUT2D eigenvalue weighted by molar-refractivity contribution is 0.0904. The van der Waals surface area contributed by atoms with E-state index in [4.69, 9.17) is 16.3 Å². The molecular weight excluding hydrogens is 340 g/mol. The SMILES string of the molecule is COCC(C)NC(=O)c1cc(Cl)ccc1I. The Hall–Kier alpha value is -0.330. The molecule has 0 fully saturated rings. The maximum absolute atomic E-state index is 11.9. The monoisotopic (exact) mass is 353 g/mol. The Morgan fingerprint density at radius 2 is 2.31 bits per heavy atom. The molecule has 3 nitrogen and oxygen atoms in total. The molecule has 1 aromatic rings. The van der Waals surface area contributed by atoms with Crippen molar-refractivity contribution in [2.75, 3.05) is 13.7 Å². The van der Waals surface area contributed by atoms with E-state index in [1.54, 1.807) is 19.2 Å². The molecule has 0 aliphatic heterocycles. The minimum Gasteiger partial charge on any atom is -0.383 e. The van der Waals surface area contributed by atoms with E-state index in [1.807, 2.05) is 13.0 Å². The quantitative estimate of drug-likeness (QED) is 0.845. The summed E-state index contributed by atoms with van der Waals surface area (Å²) in [5.41, 5.74) is 0.594. The zero-order valence-corrected chi connectivity index (χ0v) is 12.0. The second-order valence-corrected chi connectivity index (χ2v) is 5.05. The van der Waals surface area contributed by atoms with E-state index >= 15 is 0 Å². The molecule has 0 saturated carbocycles. The topological polar surface area (TPSA) is 38.3 Å². The van der Waals surface area contributed by atoms with Crippen LogP contribution in [0, 0.1) is 3.57 Å². The summed E-state index contributed by atoms with van der Waals surface area (Å²) in [6.45, 7) is 2.38. The van der Waals surface area contributed by atoms with Gasteiger partial charge in [-0.1, -0.05) is 11.6 Å². The molecule has 0 heterocycles. The average Bonchev–Trinajstić information content (AvgIpc) is 2.21. The molecule has 0 aliphatic carbocycles. The molecule has 1 N–H and O–H groups in total. The minimum atomic E-state index is -0.128. The number of carbonyl (C=O) groups is 1. The summed E-state index contributed by atoms with van der Waals surface area (Å²) < 4.78 is 5.83. The van der Waals surface area contributed by atoms with Crippen molar-refractivity contribution in [2.24, 2.45) is 0 Å². The average molecular weight is 354 g/mol. The van der Waals surface area contributed by atoms with Crippen LogP contribution >= 0.6 is 34.2 Å². The molecule has 0 radical (unpaired) electrons. The molecule has 0 bridgehead atoms. The minimum absolute atomic E-state index is 0.0210. The Bertz CT molecular complexity index is 384. The molecule has 0 aliphatic rings. The van der Waals surface area contributed by atoms with Crippen LogP contribution in [0.1, 0.15) is 17.3 Å². The fraction of sp³-hybridized carbons (Fsp3) is 0.364. The van der Waals surface area contributed by atoms with Gasteiger partial charge in [0.2, 0.25) is 0 Å². The number of hydrogen-bond donors (Lipinski definition) is 1. The van der Waals surface area contributed by atoms with E-state index < -0.39 is 0 Å². The Balaban J connectivity index is 2.76. The number of halogens is 2. The van der Waals surface area contributed by atoms with Gasteiger partial charge in [-0.25, -0.2) is 0 Å². The number of nitrogens with one attached hydrogen (secondary N) is 1. The number of carbonyl (C=O) groups excluding carboxylic acids is 1. The van der Waals surface area contributed by atoms with Crippen molar-refractivity contribution < 1.29 is 9.53 Å². The van der Waals surface area contributed by atoms with Crippen LogP contribution in [0.25, 0.3) is 0 Å². The molecule has 5 heteroatoms. The van der Waals surface area contributed by atoms with Gasteiger partial charge >= 0.3 is 0 Å². The van der Waals surface area contributed by atoms with Gasteiger partial charge < -0.3 is 10.1 Å². The van der Waals surface area contributed by atoms with Crippen molar-refractivity contribution in [2.45, 2.75) is 13.0 Å². The van der Waals surface area contributed by atoms with Gasteiger partial charge in [0.1, 0.15) is 0 Å². The number of rotatable bonds is 4. The first-order valence-corrected chi connectivity index (χ1v) is 6.25. The van der Waals surface area contributed by atoms with Crippen molar-refractivity contribution in [3.05, 3.63) is 32.4 Å². The first-order valence-electron chi connectivity index (χ1n) is 4.79. The van der Waals surface area contributed by atoms with Crippen LogP contribution in [-0.4, -0.2) is 25.7 Å². The fourth-order valence-corrected chi connectivity index (χ4v) is 2.02. The Kier molecular flexibility index (Phi) is 5.51. The van der Waals surface area contributed by atoms with Gasteiger partial charge in [-0.05, 0) is 47.7 Å². The Morgan fingerprint density at radius 3 is 2.94 bits per heavy atom. The maximum Gasteiger partial charge on any atom is 0.252 e. The highest BCUT2D eigenvalue weighted by atomic mass is 127. The van der Waals surface area contributed by atoms with Crippen LogP contribution in [0.2, 0.25) is 5.02 Å². The third kappa shape index (κ3) is 3.92. The lowest BCUT2D eigenvalue weighted by Gasteiger charge is -2.13. The van der Waals surface area contributed by atoms with Gasteiger partial charge in [0, 0.05) is 21.7 Å². The van der Waals surface area contributed by atoms with Crippen LogP contribution in [0.3, 0.4) is 0 Å². The van der Waals surface area contributed by atoms with Gasteiger partial charge in [-0.15, -0.1) is 0 Å². The number of benzene rings is 1.